The van der Waals surface area contributed by atoms with E-state index in [0.717, 1.165) is 25.7 Å². The molecule has 7 N–H and O–H groups in total. The molecule has 2 aliphatic heterocycles. The van der Waals surface area contributed by atoms with Gasteiger partial charge in [0.05, 0.1) is 6.61 Å². The number of aliphatic hydroxyl groups is 7. The Hall–Kier alpha value is -0.930. The van der Waals surface area contributed by atoms with Crippen molar-refractivity contribution in [1.82, 2.24) is 0 Å². The number of hydrogen-bond donors (Lipinski definition) is 7. The van der Waals surface area contributed by atoms with Gasteiger partial charge in [-0.25, -0.2) is 0 Å². The Labute approximate surface area is 186 Å². The summed E-state index contributed by atoms with van der Waals surface area (Å²) in [5, 5.41) is 69.7. The summed E-state index contributed by atoms with van der Waals surface area (Å²) in [5.41, 5.74) is 0. The number of carbonyl (C=O) groups is 1. The smallest absolute Gasteiger partial charge is 0.305 e. The fourth-order valence-corrected chi connectivity index (χ4v) is 3.74. The van der Waals surface area contributed by atoms with Crippen molar-refractivity contribution < 1.29 is 59.5 Å². The van der Waals surface area contributed by atoms with Crippen LogP contribution in [-0.2, 0) is 23.7 Å². The highest BCUT2D eigenvalue weighted by Crippen LogP contribution is 2.36. The van der Waals surface area contributed by atoms with Crippen LogP contribution >= 0.6 is 0 Å². The van der Waals surface area contributed by atoms with Gasteiger partial charge in [0.15, 0.2) is 6.29 Å². The van der Waals surface area contributed by atoms with Crippen LogP contribution in [0.3, 0.4) is 0 Å². The second-order valence-electron chi connectivity index (χ2n) is 8.22. The summed E-state index contributed by atoms with van der Waals surface area (Å²) in [6, 6.07) is 0. The first-order chi connectivity index (χ1) is 15.2. The van der Waals surface area contributed by atoms with Crippen LogP contribution in [0.25, 0.3) is 0 Å². The lowest BCUT2D eigenvalue weighted by atomic mass is 9.99. The summed E-state index contributed by atoms with van der Waals surface area (Å²) < 4.78 is 21.2. The Bertz CT molecular complexity index is 577. The first-order valence-corrected chi connectivity index (χ1v) is 11.0. The zero-order chi connectivity index (χ0) is 23.9. The van der Waals surface area contributed by atoms with Crippen LogP contribution in [-0.4, -0.2) is 116 Å². The molecule has 12 nitrogen and oxygen atoms in total. The molecule has 0 spiro atoms. The first-order valence-electron chi connectivity index (χ1n) is 11.0. The molecule has 0 aromatic carbocycles. The van der Waals surface area contributed by atoms with E-state index >= 15 is 0 Å². The Kier molecular flexibility index (Phi) is 10.7. The predicted molar refractivity (Wildman–Crippen MR) is 106 cm³/mol. The summed E-state index contributed by atoms with van der Waals surface area (Å²) in [7, 11) is 0. The number of hydrogen-bond acceptors (Lipinski definition) is 12. The van der Waals surface area contributed by atoms with E-state index in [9.17, 15) is 40.5 Å². The maximum atomic E-state index is 11.9. The van der Waals surface area contributed by atoms with Crippen molar-refractivity contribution in [3.63, 3.8) is 0 Å². The Morgan fingerprint density at radius 3 is 2.19 bits per heavy atom. The van der Waals surface area contributed by atoms with E-state index in [-0.39, 0.29) is 6.42 Å². The first kappa shape index (κ1) is 27.3. The molecule has 0 unspecified atom stereocenters. The van der Waals surface area contributed by atoms with Crippen molar-refractivity contribution in [2.24, 2.45) is 0 Å². The second-order valence-corrected chi connectivity index (χ2v) is 8.22. The summed E-state index contributed by atoms with van der Waals surface area (Å²) >= 11 is 0. The van der Waals surface area contributed by atoms with Crippen LogP contribution in [0.2, 0.25) is 0 Å². The molecule has 2 aliphatic rings. The molecule has 0 bridgehead atoms. The molecule has 0 aliphatic carbocycles. The number of aliphatic hydroxyl groups excluding tert-OH is 7. The zero-order valence-electron chi connectivity index (χ0n) is 18.2. The van der Waals surface area contributed by atoms with Gasteiger partial charge in [-0.1, -0.05) is 32.6 Å². The third kappa shape index (κ3) is 6.35. The van der Waals surface area contributed by atoms with Gasteiger partial charge >= 0.3 is 5.97 Å². The van der Waals surface area contributed by atoms with Gasteiger partial charge in [0, 0.05) is 6.42 Å². The van der Waals surface area contributed by atoms with Crippen LogP contribution in [0.4, 0.5) is 0 Å². The minimum Gasteiger partial charge on any atom is -0.463 e. The molecule has 32 heavy (non-hydrogen) atoms. The van der Waals surface area contributed by atoms with E-state index in [1.165, 1.54) is 0 Å². The Morgan fingerprint density at radius 1 is 0.906 bits per heavy atom. The van der Waals surface area contributed by atoms with E-state index in [0.29, 0.717) is 6.42 Å². The minimum absolute atomic E-state index is 0.186. The molecule has 2 heterocycles. The average Bonchev–Trinajstić information content (AvgIpc) is 3.03. The van der Waals surface area contributed by atoms with Gasteiger partial charge in [-0.3, -0.25) is 4.79 Å². The lowest BCUT2D eigenvalue weighted by Crippen LogP contribution is -2.62. The summed E-state index contributed by atoms with van der Waals surface area (Å²) in [6.07, 6.45) is -7.98. The highest BCUT2D eigenvalue weighted by atomic mass is 16.8. The van der Waals surface area contributed by atoms with E-state index in [1.54, 1.807) is 0 Å². The molecule has 0 saturated carbocycles. The molecule has 12 heteroatoms. The van der Waals surface area contributed by atoms with Crippen LogP contribution in [0, 0.1) is 0 Å². The molecule has 2 rings (SSSR count). The molecular weight excluding hydrogens is 432 g/mol. The van der Waals surface area contributed by atoms with Crippen molar-refractivity contribution in [3.05, 3.63) is 0 Å². The Balaban J connectivity index is 1.96. The summed E-state index contributed by atoms with van der Waals surface area (Å²) in [6.45, 7) is -0.0163. The Morgan fingerprint density at radius 2 is 1.59 bits per heavy atom. The van der Waals surface area contributed by atoms with Gasteiger partial charge in [0.25, 0.3) is 0 Å². The van der Waals surface area contributed by atoms with E-state index in [4.69, 9.17) is 18.9 Å². The van der Waals surface area contributed by atoms with Gasteiger partial charge in [0.1, 0.15) is 55.9 Å². The van der Waals surface area contributed by atoms with Crippen molar-refractivity contribution in [3.8, 4) is 0 Å². The SMILES string of the molecule is CCCCCCCC(=O)OC[C@H]1O[C@H](O[C@]2(CO)O[C@H](CO)[C@@H](O)[C@@H]2O)[C@H](O)[C@H](O)[C@@H]1O. The number of unbranched alkanes of at least 4 members (excludes halogenated alkanes) is 4. The number of rotatable bonds is 12. The van der Waals surface area contributed by atoms with E-state index < -0.39 is 80.6 Å². The highest BCUT2D eigenvalue weighted by Gasteiger charge is 2.58. The zero-order valence-corrected chi connectivity index (χ0v) is 18.2. The summed E-state index contributed by atoms with van der Waals surface area (Å²) in [5.74, 6) is -2.77. The third-order valence-electron chi connectivity index (χ3n) is 5.78. The van der Waals surface area contributed by atoms with Crippen molar-refractivity contribution in [2.45, 2.75) is 100 Å². The fraction of sp³-hybridized carbons (Fsp3) is 0.950. The fourth-order valence-electron chi connectivity index (χ4n) is 3.74. The maximum absolute atomic E-state index is 11.9. The summed E-state index contributed by atoms with van der Waals surface area (Å²) in [4.78, 5) is 11.9. The van der Waals surface area contributed by atoms with Crippen LogP contribution < -0.4 is 0 Å². The van der Waals surface area contributed by atoms with Gasteiger partial charge < -0.3 is 54.7 Å². The molecule has 9 atom stereocenters. The van der Waals surface area contributed by atoms with Crippen LogP contribution in [0.1, 0.15) is 45.4 Å². The molecule has 0 radical (unpaired) electrons. The number of carbonyl (C=O) groups excluding carboxylic acids is 1. The molecule has 0 aromatic heterocycles. The van der Waals surface area contributed by atoms with Gasteiger partial charge in [-0.05, 0) is 6.42 Å². The molecule has 0 amide bonds. The molecule has 0 aromatic rings. The minimum atomic E-state index is -2.26. The maximum Gasteiger partial charge on any atom is 0.305 e. The van der Waals surface area contributed by atoms with Crippen LogP contribution in [0.5, 0.6) is 0 Å². The highest BCUT2D eigenvalue weighted by molar-refractivity contribution is 5.69. The lowest BCUT2D eigenvalue weighted by Gasteiger charge is -2.43. The normalized spacial score (nSPS) is 39.9. The van der Waals surface area contributed by atoms with Gasteiger partial charge in [-0.15, -0.1) is 0 Å². The molecule has 2 saturated heterocycles. The van der Waals surface area contributed by atoms with Crippen LogP contribution in [0.15, 0.2) is 0 Å². The largest absolute Gasteiger partial charge is 0.463 e. The number of esters is 1. The second kappa shape index (κ2) is 12.5. The van der Waals surface area contributed by atoms with Crippen molar-refractivity contribution in [2.75, 3.05) is 19.8 Å². The quantitative estimate of drug-likeness (QED) is 0.118. The standard InChI is InChI=1S/C20H36O12/c1-2-3-4-5-6-7-13(23)29-9-12-14(24)16(26)17(27)19(30-12)32-20(10-22)18(28)15(25)11(8-21)31-20/h11-12,14-19,21-22,24-28H,2-10H2,1H3/t11-,12-,14-,15-,16-,17-,18+,19-,20+/m1/s1. The lowest BCUT2D eigenvalue weighted by molar-refractivity contribution is -0.383. The molecule has 2 fully saturated rings. The van der Waals surface area contributed by atoms with E-state index in [2.05, 4.69) is 6.92 Å². The van der Waals surface area contributed by atoms with Crippen molar-refractivity contribution >= 4 is 5.97 Å². The third-order valence-corrected chi connectivity index (χ3v) is 5.78. The topological polar surface area (TPSA) is 196 Å². The average molecular weight is 468 g/mol. The monoisotopic (exact) mass is 468 g/mol. The van der Waals surface area contributed by atoms with Gasteiger partial charge in [0.2, 0.25) is 5.79 Å². The number of ether oxygens (including phenoxy) is 4. The predicted octanol–water partition coefficient (Wildman–Crippen LogP) is -2.48. The van der Waals surface area contributed by atoms with Gasteiger partial charge in [-0.2, -0.15) is 0 Å². The molecular formula is C20H36O12. The van der Waals surface area contributed by atoms with Crippen molar-refractivity contribution in [1.29, 1.82) is 0 Å². The molecule has 188 valence electrons. The van der Waals surface area contributed by atoms with E-state index in [1.807, 2.05) is 0 Å².